The van der Waals surface area contributed by atoms with Crippen LogP contribution in [-0.2, 0) is 16.0 Å². The van der Waals surface area contributed by atoms with Crippen LogP contribution in [0.3, 0.4) is 0 Å². The first-order valence-electron chi connectivity index (χ1n) is 11.9. The van der Waals surface area contributed by atoms with Crippen LogP contribution in [0, 0.1) is 0 Å². The maximum atomic E-state index is 13.4. The second-order valence-corrected chi connectivity index (χ2v) is 9.53. The van der Waals surface area contributed by atoms with E-state index in [1.165, 1.54) is 0 Å². The molecule has 2 aliphatic rings. The van der Waals surface area contributed by atoms with Gasteiger partial charge in [0.05, 0.1) is 16.8 Å². The number of hydrogen-bond donors (Lipinski definition) is 1. The highest BCUT2D eigenvalue weighted by atomic mass is 35.5. The van der Waals surface area contributed by atoms with Crippen LogP contribution in [0.2, 0.25) is 5.02 Å². The molecule has 5 nitrogen and oxygen atoms in total. The highest BCUT2D eigenvalue weighted by molar-refractivity contribution is 6.30. The predicted octanol–water partition coefficient (Wildman–Crippen LogP) is 5.98. The van der Waals surface area contributed by atoms with Crippen LogP contribution in [0.25, 0.3) is 22.6 Å². The molecule has 1 unspecified atom stereocenters. The number of nitrogens with one attached hydrogen (secondary N) is 1. The number of ether oxygens (including phenoxy) is 1. The molecule has 1 heterocycles. The van der Waals surface area contributed by atoms with E-state index in [4.69, 9.17) is 21.3 Å². The van der Waals surface area contributed by atoms with E-state index in [9.17, 15) is 9.59 Å². The summed E-state index contributed by atoms with van der Waals surface area (Å²) in [6.45, 7) is 1.64. The van der Waals surface area contributed by atoms with Gasteiger partial charge in [-0.25, -0.2) is 9.78 Å². The highest BCUT2D eigenvalue weighted by Gasteiger charge is 2.30. The fourth-order valence-electron chi connectivity index (χ4n) is 4.93. The number of esters is 1. The van der Waals surface area contributed by atoms with E-state index in [0.717, 1.165) is 65.4 Å². The largest absolute Gasteiger partial charge is 0.449 e. The van der Waals surface area contributed by atoms with Gasteiger partial charge < -0.3 is 10.1 Å². The van der Waals surface area contributed by atoms with Crippen LogP contribution in [-0.4, -0.2) is 29.0 Å². The molecule has 0 aliphatic heterocycles. The van der Waals surface area contributed by atoms with Gasteiger partial charge in [-0.05, 0) is 73.6 Å². The summed E-state index contributed by atoms with van der Waals surface area (Å²) in [7, 11) is 0. The topological polar surface area (TPSA) is 68.3 Å². The minimum absolute atomic E-state index is 0.181. The third-order valence-corrected chi connectivity index (χ3v) is 6.96. The van der Waals surface area contributed by atoms with Crippen LogP contribution in [0.1, 0.15) is 66.2 Å². The van der Waals surface area contributed by atoms with Gasteiger partial charge in [-0.2, -0.15) is 0 Å². The summed E-state index contributed by atoms with van der Waals surface area (Å²) in [5, 5.41) is 4.46. The molecule has 1 saturated carbocycles. The average Bonchev–Trinajstić information content (AvgIpc) is 3.49. The summed E-state index contributed by atoms with van der Waals surface area (Å²) < 4.78 is 5.70. The van der Waals surface area contributed by atoms with Crippen molar-refractivity contribution in [1.82, 2.24) is 10.3 Å². The lowest BCUT2D eigenvalue weighted by molar-refractivity contribution is -0.129. The van der Waals surface area contributed by atoms with Gasteiger partial charge in [-0.3, -0.25) is 4.79 Å². The molecule has 0 spiro atoms. The van der Waals surface area contributed by atoms with E-state index >= 15 is 0 Å². The molecule has 174 valence electrons. The van der Waals surface area contributed by atoms with Crippen molar-refractivity contribution in [2.24, 2.45) is 0 Å². The second-order valence-electron chi connectivity index (χ2n) is 9.09. The Labute approximate surface area is 204 Å². The van der Waals surface area contributed by atoms with Gasteiger partial charge >= 0.3 is 5.97 Å². The van der Waals surface area contributed by atoms with Gasteiger partial charge in [-0.1, -0.05) is 54.8 Å². The van der Waals surface area contributed by atoms with Crippen molar-refractivity contribution in [3.8, 4) is 0 Å². The Morgan fingerprint density at radius 3 is 2.59 bits per heavy atom. The van der Waals surface area contributed by atoms with Crippen LogP contribution in [0.5, 0.6) is 0 Å². The molecule has 1 amide bonds. The zero-order valence-electron chi connectivity index (χ0n) is 19.1. The Kier molecular flexibility index (Phi) is 6.38. The lowest BCUT2D eigenvalue weighted by Gasteiger charge is -2.18. The zero-order valence-corrected chi connectivity index (χ0v) is 19.9. The average molecular weight is 475 g/mol. The van der Waals surface area contributed by atoms with Crippen molar-refractivity contribution in [2.45, 2.75) is 57.6 Å². The van der Waals surface area contributed by atoms with Crippen LogP contribution >= 0.6 is 11.6 Å². The Morgan fingerprint density at radius 2 is 1.82 bits per heavy atom. The van der Waals surface area contributed by atoms with Crippen molar-refractivity contribution in [3.63, 3.8) is 0 Å². The van der Waals surface area contributed by atoms with E-state index in [1.807, 2.05) is 48.5 Å². The number of halogens is 1. The Morgan fingerprint density at radius 1 is 1.09 bits per heavy atom. The van der Waals surface area contributed by atoms with Gasteiger partial charge in [0.2, 0.25) is 0 Å². The number of pyridine rings is 1. The number of carbonyl (C=O) groups excluding carboxylic acids is 2. The first kappa shape index (κ1) is 22.6. The molecule has 6 heteroatoms. The molecule has 2 aromatic carbocycles. The molecule has 1 N–H and O–H groups in total. The van der Waals surface area contributed by atoms with Crippen molar-refractivity contribution < 1.29 is 14.3 Å². The molecular weight excluding hydrogens is 448 g/mol. The van der Waals surface area contributed by atoms with E-state index < -0.39 is 12.1 Å². The van der Waals surface area contributed by atoms with Crippen molar-refractivity contribution in [3.05, 3.63) is 75.9 Å². The van der Waals surface area contributed by atoms with E-state index in [-0.39, 0.29) is 11.9 Å². The number of para-hydroxylation sites is 1. The minimum atomic E-state index is -0.860. The van der Waals surface area contributed by atoms with Crippen molar-refractivity contribution in [2.75, 3.05) is 0 Å². The summed E-state index contributed by atoms with van der Waals surface area (Å²) >= 11 is 6.03. The number of fused-ring (bicyclic) bond motifs is 2. The maximum Gasteiger partial charge on any atom is 0.339 e. The number of carbonyl (C=O) groups is 2. The number of nitrogens with zero attached hydrogens (tertiary/aromatic N) is 1. The minimum Gasteiger partial charge on any atom is -0.449 e. The SMILES string of the molecule is CC(OC(=O)c1c2c(nc3ccccc13)C(=Cc1ccc(Cl)cc1)CC2)C(=O)NC1CCCC1. The van der Waals surface area contributed by atoms with Crippen LogP contribution in [0.15, 0.2) is 48.5 Å². The summed E-state index contributed by atoms with van der Waals surface area (Å²) in [6.07, 6.45) is 6.92. The lowest BCUT2D eigenvalue weighted by atomic mass is 10.0. The molecular formula is C28H27ClN2O3. The normalized spacial score (nSPS) is 17.6. The fraction of sp³-hybridized carbons (Fsp3) is 0.321. The Balaban J connectivity index is 1.47. The highest BCUT2D eigenvalue weighted by Crippen LogP contribution is 2.38. The van der Waals surface area contributed by atoms with Crippen LogP contribution in [0.4, 0.5) is 0 Å². The molecule has 5 rings (SSSR count). The fourth-order valence-corrected chi connectivity index (χ4v) is 5.06. The number of allylic oxidation sites excluding steroid dienone is 1. The molecule has 1 aromatic heterocycles. The van der Waals surface area contributed by atoms with Crippen molar-refractivity contribution in [1.29, 1.82) is 0 Å². The monoisotopic (exact) mass is 474 g/mol. The standard InChI is InChI=1S/C28H27ClN2O3/c1-17(27(32)30-21-6-2-3-7-21)34-28(33)25-22-8-4-5-9-24(22)31-26-19(12-15-23(25)26)16-18-10-13-20(29)14-11-18/h4-5,8-11,13-14,16-17,21H,2-3,6-7,12,15H2,1H3,(H,30,32). The third-order valence-electron chi connectivity index (χ3n) is 6.71. The van der Waals surface area contributed by atoms with Gasteiger partial charge in [0.1, 0.15) is 0 Å². The molecule has 0 saturated heterocycles. The number of aromatic nitrogens is 1. The number of hydrogen-bond acceptors (Lipinski definition) is 4. The zero-order chi connectivity index (χ0) is 23.7. The number of rotatable bonds is 5. The predicted molar refractivity (Wildman–Crippen MR) is 135 cm³/mol. The van der Waals surface area contributed by atoms with Gasteiger partial charge in [-0.15, -0.1) is 0 Å². The van der Waals surface area contributed by atoms with E-state index in [2.05, 4.69) is 11.4 Å². The quantitative estimate of drug-likeness (QED) is 0.462. The molecule has 0 radical (unpaired) electrons. The second kappa shape index (κ2) is 9.59. The third kappa shape index (κ3) is 4.58. The summed E-state index contributed by atoms with van der Waals surface area (Å²) in [6, 6.07) is 15.4. The first-order chi connectivity index (χ1) is 16.5. The van der Waals surface area contributed by atoms with Gasteiger partial charge in [0.15, 0.2) is 6.10 Å². The summed E-state index contributed by atoms with van der Waals surface area (Å²) in [5.41, 5.74) is 5.06. The van der Waals surface area contributed by atoms with Gasteiger partial charge in [0, 0.05) is 16.5 Å². The van der Waals surface area contributed by atoms with Crippen molar-refractivity contribution >= 4 is 46.0 Å². The first-order valence-corrected chi connectivity index (χ1v) is 12.3. The number of benzene rings is 2. The molecule has 0 bridgehead atoms. The van der Waals surface area contributed by atoms with Gasteiger partial charge in [0.25, 0.3) is 5.91 Å². The molecule has 2 aliphatic carbocycles. The Bertz CT molecular complexity index is 1280. The number of amides is 1. The maximum absolute atomic E-state index is 13.4. The molecule has 3 aromatic rings. The molecule has 34 heavy (non-hydrogen) atoms. The van der Waals surface area contributed by atoms with E-state index in [1.54, 1.807) is 6.92 Å². The van der Waals surface area contributed by atoms with E-state index in [0.29, 0.717) is 17.0 Å². The molecule has 1 fully saturated rings. The van der Waals surface area contributed by atoms with Crippen LogP contribution < -0.4 is 5.32 Å². The molecule has 1 atom stereocenters. The summed E-state index contributed by atoms with van der Waals surface area (Å²) in [5.74, 6) is -0.713. The lowest BCUT2D eigenvalue weighted by Crippen LogP contribution is -2.41. The summed E-state index contributed by atoms with van der Waals surface area (Å²) in [4.78, 5) is 30.9. The smallest absolute Gasteiger partial charge is 0.339 e. The Hall–Kier alpha value is -3.18.